The van der Waals surface area contributed by atoms with Crippen LogP contribution < -0.4 is 10.0 Å². The van der Waals surface area contributed by atoms with Crippen molar-refractivity contribution in [3.05, 3.63) is 59.1 Å². The first-order valence-electron chi connectivity index (χ1n) is 7.76. The van der Waals surface area contributed by atoms with Crippen LogP contribution in [0.5, 0.6) is 0 Å². The molecule has 0 spiro atoms. The van der Waals surface area contributed by atoms with E-state index in [2.05, 4.69) is 5.32 Å². The first-order chi connectivity index (χ1) is 12.5. The molecule has 2 aromatic rings. The zero-order valence-corrected chi connectivity index (χ0v) is 15.5. The van der Waals surface area contributed by atoms with Crippen LogP contribution in [0.2, 0.25) is 5.02 Å². The second kappa shape index (κ2) is 8.73. The van der Waals surface area contributed by atoms with Crippen molar-refractivity contribution in [2.45, 2.75) is 23.9 Å². The van der Waals surface area contributed by atoms with E-state index in [0.29, 0.717) is 17.1 Å². The Labute approximate surface area is 159 Å². The first kappa shape index (κ1) is 21.2. The maximum Gasteiger partial charge on any atom is 0.402 e. The second-order valence-electron chi connectivity index (χ2n) is 5.64. The summed E-state index contributed by atoms with van der Waals surface area (Å²) in [5.74, 6) is -0.282. The Morgan fingerprint density at radius 1 is 1.00 bits per heavy atom. The van der Waals surface area contributed by atoms with Crippen LogP contribution in [0.3, 0.4) is 0 Å². The number of carbonyl (C=O) groups excluding carboxylic acids is 1. The van der Waals surface area contributed by atoms with E-state index in [1.54, 1.807) is 12.1 Å². The fourth-order valence-electron chi connectivity index (χ4n) is 2.11. The predicted octanol–water partition coefficient (Wildman–Crippen LogP) is 3.75. The molecule has 2 aromatic carbocycles. The van der Waals surface area contributed by atoms with E-state index in [4.69, 9.17) is 11.6 Å². The molecule has 27 heavy (non-hydrogen) atoms. The van der Waals surface area contributed by atoms with Crippen LogP contribution in [-0.2, 0) is 21.2 Å². The number of hydrogen-bond acceptors (Lipinski definition) is 3. The van der Waals surface area contributed by atoms with Gasteiger partial charge < -0.3 is 5.32 Å². The highest BCUT2D eigenvalue weighted by Crippen LogP contribution is 2.17. The standard InChI is InChI=1S/C17H16ClF3N2O3S/c18-13-4-1-12(2-5-13)3-10-16(24)23-14-6-8-15(9-7-14)27(25,26)22-11-17(19,20)21/h1-2,4-9,22H,3,10-11H2,(H,23,24). The van der Waals surface area contributed by atoms with Crippen molar-refractivity contribution in [3.63, 3.8) is 0 Å². The zero-order valence-electron chi connectivity index (χ0n) is 13.9. The van der Waals surface area contributed by atoms with Crippen LogP contribution in [0.25, 0.3) is 0 Å². The highest BCUT2D eigenvalue weighted by atomic mass is 35.5. The van der Waals surface area contributed by atoms with Crippen LogP contribution in [0.1, 0.15) is 12.0 Å². The minimum atomic E-state index is -4.65. The van der Waals surface area contributed by atoms with Gasteiger partial charge in [-0.25, -0.2) is 13.1 Å². The molecule has 0 aliphatic heterocycles. The summed E-state index contributed by atoms with van der Waals surface area (Å²) in [6.07, 6.45) is -3.95. The van der Waals surface area contributed by atoms with Crippen molar-refractivity contribution in [3.8, 4) is 0 Å². The number of carbonyl (C=O) groups is 1. The Bertz CT molecular complexity index is 883. The Morgan fingerprint density at radius 3 is 2.15 bits per heavy atom. The lowest BCUT2D eigenvalue weighted by molar-refractivity contribution is -0.121. The maximum absolute atomic E-state index is 12.1. The highest BCUT2D eigenvalue weighted by molar-refractivity contribution is 7.89. The summed E-state index contributed by atoms with van der Waals surface area (Å²) in [7, 11) is -4.28. The lowest BCUT2D eigenvalue weighted by atomic mass is 10.1. The third kappa shape index (κ3) is 7.20. The number of aryl methyl sites for hydroxylation is 1. The van der Waals surface area contributed by atoms with Crippen LogP contribution in [0, 0.1) is 0 Å². The third-order valence-electron chi connectivity index (χ3n) is 3.47. The van der Waals surface area contributed by atoms with Crippen molar-refractivity contribution >= 4 is 33.2 Å². The topological polar surface area (TPSA) is 75.3 Å². The number of anilines is 1. The molecule has 2 N–H and O–H groups in total. The van der Waals surface area contributed by atoms with Gasteiger partial charge in [0.25, 0.3) is 0 Å². The molecule has 2 rings (SSSR count). The van der Waals surface area contributed by atoms with Crippen LogP contribution in [0.4, 0.5) is 18.9 Å². The first-order valence-corrected chi connectivity index (χ1v) is 9.62. The average Bonchev–Trinajstić information content (AvgIpc) is 2.60. The molecule has 1 amide bonds. The minimum absolute atomic E-state index is 0.203. The van der Waals surface area contributed by atoms with Crippen molar-refractivity contribution in [1.29, 1.82) is 0 Å². The lowest BCUT2D eigenvalue weighted by Crippen LogP contribution is -2.33. The lowest BCUT2D eigenvalue weighted by Gasteiger charge is -2.10. The van der Waals surface area contributed by atoms with E-state index in [1.807, 2.05) is 12.1 Å². The highest BCUT2D eigenvalue weighted by Gasteiger charge is 2.30. The van der Waals surface area contributed by atoms with Gasteiger partial charge in [-0.05, 0) is 48.4 Å². The van der Waals surface area contributed by atoms with Gasteiger partial charge in [-0.15, -0.1) is 0 Å². The predicted molar refractivity (Wildman–Crippen MR) is 96.1 cm³/mol. The minimum Gasteiger partial charge on any atom is -0.326 e. The monoisotopic (exact) mass is 420 g/mol. The molecule has 0 unspecified atom stereocenters. The van der Waals surface area contributed by atoms with Gasteiger partial charge in [0.2, 0.25) is 15.9 Å². The van der Waals surface area contributed by atoms with Crippen molar-refractivity contribution in [2.75, 3.05) is 11.9 Å². The van der Waals surface area contributed by atoms with Gasteiger partial charge >= 0.3 is 6.18 Å². The van der Waals surface area contributed by atoms with Gasteiger partial charge in [0.15, 0.2) is 0 Å². The molecule has 0 radical (unpaired) electrons. The summed E-state index contributed by atoms with van der Waals surface area (Å²) in [5.41, 5.74) is 1.28. The summed E-state index contributed by atoms with van der Waals surface area (Å²) in [5, 5.41) is 3.20. The summed E-state index contributed by atoms with van der Waals surface area (Å²) in [6, 6.07) is 11.9. The number of amides is 1. The number of rotatable bonds is 7. The van der Waals surface area contributed by atoms with E-state index in [1.165, 1.54) is 16.9 Å². The van der Waals surface area contributed by atoms with Crippen molar-refractivity contribution < 1.29 is 26.4 Å². The Morgan fingerprint density at radius 2 is 1.59 bits per heavy atom. The molecule has 0 fully saturated rings. The number of benzene rings is 2. The van der Waals surface area contributed by atoms with Gasteiger partial charge in [0.05, 0.1) is 4.90 Å². The molecule has 146 valence electrons. The van der Waals surface area contributed by atoms with Crippen LogP contribution in [-0.4, -0.2) is 27.0 Å². The molecular formula is C17H16ClF3N2O3S. The number of sulfonamides is 1. The third-order valence-corrected chi connectivity index (χ3v) is 5.13. The van der Waals surface area contributed by atoms with E-state index >= 15 is 0 Å². The van der Waals surface area contributed by atoms with Gasteiger partial charge in [0, 0.05) is 17.1 Å². The van der Waals surface area contributed by atoms with Gasteiger partial charge in [-0.1, -0.05) is 23.7 Å². The smallest absolute Gasteiger partial charge is 0.326 e. The fourth-order valence-corrected chi connectivity index (χ4v) is 3.25. The van der Waals surface area contributed by atoms with Crippen LogP contribution in [0.15, 0.2) is 53.4 Å². The molecule has 0 saturated carbocycles. The Kier molecular flexibility index (Phi) is 6.85. The SMILES string of the molecule is O=C(CCc1ccc(Cl)cc1)Nc1ccc(S(=O)(=O)NCC(F)(F)F)cc1. The molecule has 0 aliphatic carbocycles. The quantitative estimate of drug-likeness (QED) is 0.716. The normalized spacial score (nSPS) is 12.0. The molecule has 10 heteroatoms. The average molecular weight is 421 g/mol. The molecule has 0 aliphatic rings. The summed E-state index contributed by atoms with van der Waals surface area (Å²) in [6.45, 7) is -1.65. The van der Waals surface area contributed by atoms with Crippen molar-refractivity contribution in [1.82, 2.24) is 4.72 Å². The molecule has 0 bridgehead atoms. The molecule has 5 nitrogen and oxygen atoms in total. The second-order valence-corrected chi connectivity index (χ2v) is 7.84. The van der Waals surface area contributed by atoms with Gasteiger partial charge in [-0.2, -0.15) is 13.2 Å². The number of alkyl halides is 3. The van der Waals surface area contributed by atoms with E-state index < -0.39 is 22.7 Å². The van der Waals surface area contributed by atoms with Gasteiger partial charge in [-0.3, -0.25) is 4.79 Å². The molecular weight excluding hydrogens is 405 g/mol. The number of hydrogen-bond donors (Lipinski definition) is 2. The van der Waals surface area contributed by atoms with Gasteiger partial charge in [0.1, 0.15) is 6.54 Å². The largest absolute Gasteiger partial charge is 0.402 e. The number of halogens is 4. The van der Waals surface area contributed by atoms with E-state index in [-0.39, 0.29) is 17.2 Å². The molecule has 0 saturated heterocycles. The van der Waals surface area contributed by atoms with Crippen molar-refractivity contribution in [2.24, 2.45) is 0 Å². The van der Waals surface area contributed by atoms with Crippen LogP contribution >= 0.6 is 11.6 Å². The summed E-state index contributed by atoms with van der Waals surface area (Å²) < 4.78 is 61.5. The molecule has 0 aromatic heterocycles. The summed E-state index contributed by atoms with van der Waals surface area (Å²) >= 11 is 5.79. The van der Waals surface area contributed by atoms with E-state index in [9.17, 15) is 26.4 Å². The summed E-state index contributed by atoms with van der Waals surface area (Å²) in [4.78, 5) is 11.6. The Hall–Kier alpha value is -2.10. The fraction of sp³-hybridized carbons (Fsp3) is 0.235. The zero-order chi connectivity index (χ0) is 20.1. The molecule has 0 atom stereocenters. The number of nitrogens with one attached hydrogen (secondary N) is 2. The maximum atomic E-state index is 12.1. The van der Waals surface area contributed by atoms with E-state index in [0.717, 1.165) is 17.7 Å². The Balaban J connectivity index is 1.90. The molecule has 0 heterocycles.